The number of benzene rings is 1. The lowest BCUT2D eigenvalue weighted by atomic mass is 9.77. The molecule has 0 radical (unpaired) electrons. The summed E-state index contributed by atoms with van der Waals surface area (Å²) in [5.74, 6) is -0.314. The number of methoxy groups -OCH3 is 2. The number of aliphatic hydroxyl groups excluding tert-OH is 3. The number of hydrogen-bond donors (Lipinski definition) is 4. The van der Waals surface area contributed by atoms with Crippen molar-refractivity contribution < 1.29 is 39.1 Å². The Hall–Kier alpha value is -2.66. The third kappa shape index (κ3) is 5.61. The summed E-state index contributed by atoms with van der Waals surface area (Å²) in [6, 6.07) is 2.55. The van der Waals surface area contributed by atoms with Crippen molar-refractivity contribution in [2.75, 3.05) is 40.5 Å². The van der Waals surface area contributed by atoms with Crippen LogP contribution in [0.4, 0.5) is 0 Å². The first-order valence-electron chi connectivity index (χ1n) is 11.8. The molecular weight excluding hydrogens is 456 g/mol. The fourth-order valence-electron chi connectivity index (χ4n) is 4.66. The molecule has 1 heterocycles. The molecule has 4 atom stereocenters. The normalized spacial score (nSPS) is 22.7. The van der Waals surface area contributed by atoms with E-state index >= 15 is 0 Å². The summed E-state index contributed by atoms with van der Waals surface area (Å²) < 4.78 is 16.7. The number of carbonyl (C=O) groups excluding carboxylic acids is 2. The summed E-state index contributed by atoms with van der Waals surface area (Å²) in [4.78, 5) is 27.7. The Morgan fingerprint density at radius 3 is 2.57 bits per heavy atom. The van der Waals surface area contributed by atoms with Crippen LogP contribution in [0.5, 0.6) is 11.5 Å². The molecule has 0 bridgehead atoms. The van der Waals surface area contributed by atoms with Crippen molar-refractivity contribution in [2.24, 2.45) is 5.92 Å². The molecular formula is C25H36N2O8. The van der Waals surface area contributed by atoms with Gasteiger partial charge in [-0.2, -0.15) is 0 Å². The lowest BCUT2D eigenvalue weighted by Crippen LogP contribution is -2.56. The lowest BCUT2D eigenvalue weighted by Gasteiger charge is -2.41. The Kier molecular flexibility index (Phi) is 9.12. The number of carbonyl (C=O) groups is 2. The first-order chi connectivity index (χ1) is 16.8. The smallest absolute Gasteiger partial charge is 0.249 e. The number of nitrogens with one attached hydrogen (secondary N) is 1. The van der Waals surface area contributed by atoms with Gasteiger partial charge in [-0.3, -0.25) is 9.59 Å². The van der Waals surface area contributed by atoms with Gasteiger partial charge in [0.05, 0.1) is 32.3 Å². The van der Waals surface area contributed by atoms with E-state index in [0.717, 1.165) is 0 Å². The van der Waals surface area contributed by atoms with Crippen molar-refractivity contribution in [3.8, 4) is 11.5 Å². The van der Waals surface area contributed by atoms with Gasteiger partial charge in [0, 0.05) is 31.3 Å². The van der Waals surface area contributed by atoms with E-state index in [4.69, 9.17) is 14.2 Å². The maximum absolute atomic E-state index is 13.2. The van der Waals surface area contributed by atoms with E-state index in [-0.39, 0.29) is 32.3 Å². The van der Waals surface area contributed by atoms with E-state index in [9.17, 15) is 24.9 Å². The molecule has 0 fully saturated rings. The van der Waals surface area contributed by atoms with Crippen LogP contribution in [0.1, 0.15) is 37.3 Å². The molecule has 2 aliphatic rings. The van der Waals surface area contributed by atoms with Gasteiger partial charge in [0.25, 0.3) is 0 Å². The fraction of sp³-hybridized carbons (Fsp3) is 0.600. The second kappa shape index (κ2) is 11.9. The summed E-state index contributed by atoms with van der Waals surface area (Å²) in [6.45, 7) is 3.86. The number of rotatable bonds is 11. The first-order valence-corrected chi connectivity index (χ1v) is 11.8. The quantitative estimate of drug-likeness (QED) is 0.347. The Morgan fingerprint density at radius 1 is 1.23 bits per heavy atom. The third-order valence-corrected chi connectivity index (χ3v) is 6.39. The molecule has 10 heteroatoms. The molecule has 10 nitrogen and oxygen atoms in total. The molecule has 194 valence electrons. The molecule has 1 aliphatic heterocycles. The van der Waals surface area contributed by atoms with E-state index in [1.54, 1.807) is 18.2 Å². The van der Waals surface area contributed by atoms with Gasteiger partial charge in [0.15, 0.2) is 11.5 Å². The number of ether oxygens (including phenoxy) is 3. The van der Waals surface area contributed by atoms with E-state index in [2.05, 4.69) is 5.32 Å². The van der Waals surface area contributed by atoms with Crippen LogP contribution in [-0.4, -0.2) is 90.8 Å². The third-order valence-electron chi connectivity index (χ3n) is 6.39. The zero-order valence-electron chi connectivity index (χ0n) is 20.7. The van der Waals surface area contributed by atoms with Gasteiger partial charge >= 0.3 is 0 Å². The Bertz CT molecular complexity index is 948. The number of aliphatic hydroxyl groups is 3. The van der Waals surface area contributed by atoms with Gasteiger partial charge < -0.3 is 39.7 Å². The summed E-state index contributed by atoms with van der Waals surface area (Å²) in [7, 11) is 2.90. The SMILES string of the molecule is COCC(=O)N(CCC(C)C)[C@@H]1C=C(C(=O)NCCO)[C@@H]2c3cc(CO)cc(OC)c3O[C@@H]2[C@H]1O. The highest BCUT2D eigenvalue weighted by Crippen LogP contribution is 2.51. The molecule has 35 heavy (non-hydrogen) atoms. The highest BCUT2D eigenvalue weighted by atomic mass is 16.5. The number of amides is 2. The minimum atomic E-state index is -1.14. The topological polar surface area (TPSA) is 138 Å². The molecule has 0 saturated carbocycles. The van der Waals surface area contributed by atoms with E-state index < -0.39 is 30.1 Å². The number of hydrogen-bond acceptors (Lipinski definition) is 8. The standard InChI is InChI=1S/C25H36N2O8/c1-14(2)5-7-27(20(30)13-33-3)18-11-17(25(32)26-6-8-28)21-16-9-15(12-29)10-19(34-4)23(16)35-24(21)22(18)31/h9-11,14,18,21-22,24,28-29,31H,5-8,12-13H2,1-4H3,(H,26,32)/t18-,21+,22+,24+/m1/s1. The van der Waals surface area contributed by atoms with Crippen LogP contribution in [0.15, 0.2) is 23.8 Å². The number of nitrogens with zero attached hydrogens (tertiary/aromatic N) is 1. The van der Waals surface area contributed by atoms with Gasteiger partial charge in [-0.25, -0.2) is 0 Å². The van der Waals surface area contributed by atoms with Gasteiger partial charge in [-0.05, 0) is 36.1 Å². The van der Waals surface area contributed by atoms with Gasteiger partial charge in [0.2, 0.25) is 11.8 Å². The zero-order valence-corrected chi connectivity index (χ0v) is 20.7. The molecule has 0 spiro atoms. The molecule has 1 aromatic rings. The average Bonchev–Trinajstić information content (AvgIpc) is 3.23. The molecule has 2 amide bonds. The highest BCUT2D eigenvalue weighted by Gasteiger charge is 2.51. The van der Waals surface area contributed by atoms with Crippen LogP contribution >= 0.6 is 0 Å². The predicted octanol–water partition coefficient (Wildman–Crippen LogP) is 0.331. The summed E-state index contributed by atoms with van der Waals surface area (Å²) in [5.41, 5.74) is 1.50. The monoisotopic (exact) mass is 492 g/mol. The largest absolute Gasteiger partial charge is 0.493 e. The molecule has 1 aromatic carbocycles. The second-order valence-electron chi connectivity index (χ2n) is 9.22. The highest BCUT2D eigenvalue weighted by molar-refractivity contribution is 5.96. The van der Waals surface area contributed by atoms with Crippen molar-refractivity contribution in [1.82, 2.24) is 10.2 Å². The minimum Gasteiger partial charge on any atom is -0.493 e. The molecule has 3 rings (SSSR count). The van der Waals surface area contributed by atoms with Crippen LogP contribution in [0.2, 0.25) is 0 Å². The van der Waals surface area contributed by atoms with E-state index in [1.807, 2.05) is 13.8 Å². The Labute approximate surface area is 205 Å². The minimum absolute atomic E-state index is 0.0498. The summed E-state index contributed by atoms with van der Waals surface area (Å²) in [5, 5.41) is 33.1. The Morgan fingerprint density at radius 2 is 1.97 bits per heavy atom. The van der Waals surface area contributed by atoms with Gasteiger partial charge in [-0.15, -0.1) is 0 Å². The van der Waals surface area contributed by atoms with Gasteiger partial charge in [0.1, 0.15) is 18.8 Å². The molecule has 0 saturated heterocycles. The maximum Gasteiger partial charge on any atom is 0.249 e. The second-order valence-corrected chi connectivity index (χ2v) is 9.22. The van der Waals surface area contributed by atoms with Crippen molar-refractivity contribution in [2.45, 2.75) is 51.0 Å². The summed E-state index contributed by atoms with van der Waals surface area (Å²) >= 11 is 0. The number of fused-ring (bicyclic) bond motifs is 3. The predicted molar refractivity (Wildman–Crippen MR) is 127 cm³/mol. The van der Waals surface area contributed by atoms with Crippen LogP contribution in [0.25, 0.3) is 0 Å². The fourth-order valence-corrected chi connectivity index (χ4v) is 4.66. The van der Waals surface area contributed by atoms with E-state index in [0.29, 0.717) is 47.1 Å². The maximum atomic E-state index is 13.2. The van der Waals surface area contributed by atoms with Crippen molar-refractivity contribution in [3.63, 3.8) is 0 Å². The average molecular weight is 493 g/mol. The van der Waals surface area contributed by atoms with Crippen LogP contribution in [-0.2, 0) is 20.9 Å². The molecule has 0 aromatic heterocycles. The molecule has 4 N–H and O–H groups in total. The van der Waals surface area contributed by atoms with Crippen LogP contribution in [0, 0.1) is 5.92 Å². The summed E-state index contributed by atoms with van der Waals surface area (Å²) in [6.07, 6.45) is 0.302. The van der Waals surface area contributed by atoms with E-state index in [1.165, 1.54) is 19.1 Å². The zero-order chi connectivity index (χ0) is 25.7. The van der Waals surface area contributed by atoms with Crippen molar-refractivity contribution in [1.29, 1.82) is 0 Å². The van der Waals surface area contributed by atoms with Crippen molar-refractivity contribution in [3.05, 3.63) is 34.9 Å². The van der Waals surface area contributed by atoms with Gasteiger partial charge in [-0.1, -0.05) is 13.8 Å². The lowest BCUT2D eigenvalue weighted by molar-refractivity contribution is -0.141. The van der Waals surface area contributed by atoms with Crippen LogP contribution in [0.3, 0.4) is 0 Å². The van der Waals surface area contributed by atoms with Crippen molar-refractivity contribution >= 4 is 11.8 Å². The first kappa shape index (κ1) is 26.9. The molecule has 0 unspecified atom stereocenters. The molecule has 1 aliphatic carbocycles. The van der Waals surface area contributed by atoms with Crippen LogP contribution < -0.4 is 14.8 Å². The Balaban J connectivity index is 2.10.